The number of hydroxylamine groups is 2. The number of amides is 2. The Morgan fingerprint density at radius 1 is 1.19 bits per heavy atom. The van der Waals surface area contributed by atoms with Crippen LogP contribution < -0.4 is 0 Å². The van der Waals surface area contributed by atoms with Gasteiger partial charge in [-0.1, -0.05) is 17.2 Å². The molecule has 21 heavy (non-hydrogen) atoms. The smallest absolute Gasteiger partial charge is 0.330 e. The van der Waals surface area contributed by atoms with Crippen molar-refractivity contribution in [2.75, 3.05) is 0 Å². The fraction of sp³-hybridized carbons (Fsp3) is 0.154. The summed E-state index contributed by atoms with van der Waals surface area (Å²) in [4.78, 5) is 44.4. The van der Waals surface area contributed by atoms with E-state index in [0.29, 0.717) is 10.9 Å². The lowest BCUT2D eigenvalue weighted by Crippen LogP contribution is -2.32. The number of aromatic amines is 1. The Balaban J connectivity index is 1.65. The van der Waals surface area contributed by atoms with Crippen LogP contribution in [0.25, 0.3) is 0 Å². The van der Waals surface area contributed by atoms with Gasteiger partial charge in [-0.15, -0.1) is 0 Å². The lowest BCUT2D eigenvalue weighted by Gasteiger charge is -2.12. The van der Waals surface area contributed by atoms with E-state index in [1.807, 2.05) is 0 Å². The lowest BCUT2D eigenvalue weighted by molar-refractivity contribution is -0.168. The molecule has 0 saturated heterocycles. The zero-order chi connectivity index (χ0) is 14.8. The number of fused-ring (bicyclic) bond motifs is 1. The first-order valence-electron chi connectivity index (χ1n) is 6.19. The maximum Gasteiger partial charge on any atom is 0.333 e. The standard InChI is InChI=1S/C13H10N4O4/c18-11(6-5-10-14-7-15-16-10)21-17-12(19)8-3-1-2-4-9(8)13(17)20/h1-4,7H,5-6H2,(H,14,15,16). The molecule has 1 N–H and O–H groups in total. The molecule has 0 bridgehead atoms. The average molecular weight is 286 g/mol. The van der Waals surface area contributed by atoms with Crippen molar-refractivity contribution in [3.05, 3.63) is 47.5 Å². The monoisotopic (exact) mass is 286 g/mol. The van der Waals surface area contributed by atoms with Crippen LogP contribution in [0.5, 0.6) is 0 Å². The van der Waals surface area contributed by atoms with E-state index in [2.05, 4.69) is 15.2 Å². The summed E-state index contributed by atoms with van der Waals surface area (Å²) < 4.78 is 0. The minimum absolute atomic E-state index is 0.0252. The van der Waals surface area contributed by atoms with Gasteiger partial charge in [-0.25, -0.2) is 9.78 Å². The molecule has 0 spiro atoms. The largest absolute Gasteiger partial charge is 0.333 e. The van der Waals surface area contributed by atoms with Crippen molar-refractivity contribution in [2.45, 2.75) is 12.8 Å². The van der Waals surface area contributed by atoms with E-state index in [0.717, 1.165) is 0 Å². The van der Waals surface area contributed by atoms with Crippen LogP contribution in [0.1, 0.15) is 33.0 Å². The minimum atomic E-state index is -0.694. The second kappa shape index (κ2) is 5.16. The predicted molar refractivity (Wildman–Crippen MR) is 67.7 cm³/mol. The first kappa shape index (κ1) is 13.0. The summed E-state index contributed by atoms with van der Waals surface area (Å²) in [6.45, 7) is 0. The molecular formula is C13H10N4O4. The van der Waals surface area contributed by atoms with Crippen LogP contribution in [0.15, 0.2) is 30.6 Å². The molecule has 0 radical (unpaired) electrons. The Morgan fingerprint density at radius 2 is 1.86 bits per heavy atom. The van der Waals surface area contributed by atoms with Gasteiger partial charge in [0.15, 0.2) is 0 Å². The molecule has 8 nitrogen and oxygen atoms in total. The third-order valence-corrected chi connectivity index (χ3v) is 2.98. The topological polar surface area (TPSA) is 105 Å². The average Bonchev–Trinajstić information content (AvgIpc) is 3.09. The summed E-state index contributed by atoms with van der Waals surface area (Å²) in [5, 5.41) is 6.74. The van der Waals surface area contributed by atoms with Crippen LogP contribution in [0.4, 0.5) is 0 Å². The molecule has 1 aromatic carbocycles. The number of hydrogen-bond acceptors (Lipinski definition) is 6. The molecule has 0 atom stereocenters. The number of H-pyrrole nitrogens is 1. The molecule has 8 heteroatoms. The van der Waals surface area contributed by atoms with Gasteiger partial charge in [0.25, 0.3) is 11.8 Å². The van der Waals surface area contributed by atoms with E-state index in [1.54, 1.807) is 12.1 Å². The Morgan fingerprint density at radius 3 is 2.43 bits per heavy atom. The van der Waals surface area contributed by atoms with Crippen molar-refractivity contribution in [1.82, 2.24) is 20.2 Å². The second-order valence-electron chi connectivity index (χ2n) is 4.35. The quantitative estimate of drug-likeness (QED) is 0.820. The third-order valence-electron chi connectivity index (χ3n) is 2.98. The Hall–Kier alpha value is -3.03. The zero-order valence-electron chi connectivity index (χ0n) is 10.8. The van der Waals surface area contributed by atoms with Crippen molar-refractivity contribution < 1.29 is 19.2 Å². The summed E-state index contributed by atoms with van der Waals surface area (Å²) in [6.07, 6.45) is 1.58. The normalized spacial score (nSPS) is 13.4. The first-order chi connectivity index (χ1) is 10.2. The molecule has 0 aliphatic carbocycles. The lowest BCUT2D eigenvalue weighted by atomic mass is 10.1. The molecule has 1 aliphatic heterocycles. The molecule has 0 unspecified atom stereocenters. The van der Waals surface area contributed by atoms with E-state index in [-0.39, 0.29) is 24.0 Å². The summed E-state index contributed by atoms with van der Waals surface area (Å²) in [5.74, 6) is -1.44. The van der Waals surface area contributed by atoms with Crippen molar-refractivity contribution in [3.63, 3.8) is 0 Å². The number of benzene rings is 1. The first-order valence-corrected chi connectivity index (χ1v) is 6.19. The van der Waals surface area contributed by atoms with Crippen LogP contribution in [0.2, 0.25) is 0 Å². The van der Waals surface area contributed by atoms with Gasteiger partial charge in [-0.3, -0.25) is 14.7 Å². The van der Waals surface area contributed by atoms with E-state index >= 15 is 0 Å². The van der Waals surface area contributed by atoms with Gasteiger partial charge in [0, 0.05) is 6.42 Å². The van der Waals surface area contributed by atoms with Crippen molar-refractivity contribution in [1.29, 1.82) is 0 Å². The summed E-state index contributed by atoms with van der Waals surface area (Å²) in [6, 6.07) is 6.30. The fourth-order valence-corrected chi connectivity index (χ4v) is 1.97. The van der Waals surface area contributed by atoms with Gasteiger partial charge in [0.2, 0.25) is 0 Å². The van der Waals surface area contributed by atoms with Crippen LogP contribution >= 0.6 is 0 Å². The molecule has 3 rings (SSSR count). The molecule has 2 amide bonds. The maximum absolute atomic E-state index is 12.0. The van der Waals surface area contributed by atoms with Crippen LogP contribution in [-0.2, 0) is 16.1 Å². The number of hydrogen-bond donors (Lipinski definition) is 1. The van der Waals surface area contributed by atoms with Gasteiger partial charge >= 0.3 is 5.97 Å². The van der Waals surface area contributed by atoms with Crippen molar-refractivity contribution >= 4 is 17.8 Å². The van der Waals surface area contributed by atoms with Crippen LogP contribution in [0, 0.1) is 0 Å². The molecule has 0 fully saturated rings. The highest BCUT2D eigenvalue weighted by molar-refractivity contribution is 6.20. The van der Waals surface area contributed by atoms with Crippen LogP contribution in [-0.4, -0.2) is 38.0 Å². The number of aromatic nitrogens is 3. The SMILES string of the molecule is O=C(CCc1ncn[nH]1)ON1C(=O)c2ccccc2C1=O. The van der Waals surface area contributed by atoms with Crippen molar-refractivity contribution in [3.8, 4) is 0 Å². The van der Waals surface area contributed by atoms with E-state index in [9.17, 15) is 14.4 Å². The fourth-order valence-electron chi connectivity index (χ4n) is 1.97. The molecule has 2 aromatic rings. The van der Waals surface area contributed by atoms with Gasteiger partial charge in [-0.2, -0.15) is 5.10 Å². The van der Waals surface area contributed by atoms with Gasteiger partial charge in [0.05, 0.1) is 17.5 Å². The molecule has 1 aliphatic rings. The molecule has 1 aromatic heterocycles. The van der Waals surface area contributed by atoms with Crippen LogP contribution in [0.3, 0.4) is 0 Å². The van der Waals surface area contributed by atoms with Gasteiger partial charge < -0.3 is 4.84 Å². The molecule has 2 heterocycles. The number of nitrogens with zero attached hydrogens (tertiary/aromatic N) is 3. The van der Waals surface area contributed by atoms with Gasteiger partial charge in [-0.05, 0) is 12.1 Å². The minimum Gasteiger partial charge on any atom is -0.330 e. The van der Waals surface area contributed by atoms with Crippen molar-refractivity contribution in [2.24, 2.45) is 0 Å². The molecular weight excluding hydrogens is 276 g/mol. The Kier molecular flexibility index (Phi) is 3.19. The van der Waals surface area contributed by atoms with E-state index < -0.39 is 17.8 Å². The second-order valence-corrected chi connectivity index (χ2v) is 4.35. The highest BCUT2D eigenvalue weighted by atomic mass is 16.7. The molecule has 0 saturated carbocycles. The zero-order valence-corrected chi connectivity index (χ0v) is 10.8. The highest BCUT2D eigenvalue weighted by Gasteiger charge is 2.38. The summed E-state index contributed by atoms with van der Waals surface area (Å²) in [7, 11) is 0. The highest BCUT2D eigenvalue weighted by Crippen LogP contribution is 2.22. The summed E-state index contributed by atoms with van der Waals surface area (Å²) >= 11 is 0. The number of carbonyl (C=O) groups excluding carboxylic acids is 3. The number of carbonyl (C=O) groups is 3. The Labute approximate surface area is 118 Å². The third kappa shape index (κ3) is 2.38. The van der Waals surface area contributed by atoms with E-state index in [4.69, 9.17) is 4.84 Å². The predicted octanol–water partition coefficient (Wildman–Crippen LogP) is 0.492. The van der Waals surface area contributed by atoms with Gasteiger partial charge in [0.1, 0.15) is 12.2 Å². The maximum atomic E-state index is 12.0. The number of aryl methyl sites for hydroxylation is 1. The number of imide groups is 1. The summed E-state index contributed by atoms with van der Waals surface area (Å²) in [5.41, 5.74) is 0.455. The number of rotatable bonds is 4. The van der Waals surface area contributed by atoms with E-state index in [1.165, 1.54) is 18.5 Å². The molecule has 106 valence electrons. The Bertz CT molecular complexity index is 676. The number of nitrogens with one attached hydrogen (secondary N) is 1.